The van der Waals surface area contributed by atoms with Gasteiger partial charge in [-0.1, -0.05) is 0 Å². The molecule has 2 rings (SSSR count). The maximum Gasteiger partial charge on any atom is 0.117 e. The Kier molecular flexibility index (Phi) is 3.77. The fourth-order valence-corrected chi connectivity index (χ4v) is 2.58. The van der Waals surface area contributed by atoms with Crippen molar-refractivity contribution in [3.63, 3.8) is 0 Å². The summed E-state index contributed by atoms with van der Waals surface area (Å²) in [5, 5.41) is 0. The zero-order valence-electron chi connectivity index (χ0n) is 9.35. The van der Waals surface area contributed by atoms with E-state index in [2.05, 4.69) is 24.1 Å². The monoisotopic (exact) mass is 236 g/mol. The zero-order chi connectivity index (χ0) is 11.4. The summed E-state index contributed by atoms with van der Waals surface area (Å²) in [5.74, 6) is 0.998. The first-order valence-corrected chi connectivity index (χ1v) is 6.08. The minimum Gasteiger partial charge on any atom is -0.468 e. The number of nitrogens with two attached hydrogens (primary N) is 1. The Morgan fingerprint density at radius 3 is 2.69 bits per heavy atom. The van der Waals surface area contributed by atoms with Gasteiger partial charge in [-0.25, -0.2) is 0 Å². The zero-order valence-corrected chi connectivity index (χ0v) is 10.2. The average Bonchev–Trinajstić information content (AvgIpc) is 2.89. The Balaban J connectivity index is 1.89. The maximum absolute atomic E-state index is 5.59. The van der Waals surface area contributed by atoms with Crippen LogP contribution in [0.1, 0.15) is 15.5 Å². The van der Waals surface area contributed by atoms with Crippen LogP contribution in [-0.2, 0) is 19.6 Å². The minimum atomic E-state index is 0.632. The van der Waals surface area contributed by atoms with Gasteiger partial charge in [-0.3, -0.25) is 4.90 Å². The van der Waals surface area contributed by atoms with E-state index < -0.39 is 0 Å². The fraction of sp³-hybridized carbons (Fsp3) is 0.333. The summed E-state index contributed by atoms with van der Waals surface area (Å²) in [7, 11) is 2.09. The minimum absolute atomic E-state index is 0.632. The molecular weight excluding hydrogens is 220 g/mol. The standard InChI is InChI=1S/C12H16N2OS/c1-14(8-10-3-2-6-15-10)9-12-5-4-11(7-13)16-12/h2-6H,7-9,13H2,1H3. The van der Waals surface area contributed by atoms with Crippen LogP contribution < -0.4 is 5.73 Å². The number of hydrogen-bond donors (Lipinski definition) is 1. The van der Waals surface area contributed by atoms with E-state index in [1.54, 1.807) is 17.6 Å². The lowest BCUT2D eigenvalue weighted by Gasteiger charge is -2.13. The highest BCUT2D eigenvalue weighted by Gasteiger charge is 2.05. The van der Waals surface area contributed by atoms with Crippen LogP contribution in [0.2, 0.25) is 0 Å². The van der Waals surface area contributed by atoms with Gasteiger partial charge in [0.15, 0.2) is 0 Å². The average molecular weight is 236 g/mol. The summed E-state index contributed by atoms with van der Waals surface area (Å²) < 4.78 is 5.31. The van der Waals surface area contributed by atoms with E-state index >= 15 is 0 Å². The van der Waals surface area contributed by atoms with Crippen molar-refractivity contribution in [2.24, 2.45) is 5.73 Å². The van der Waals surface area contributed by atoms with Crippen LogP contribution in [0.5, 0.6) is 0 Å². The molecule has 0 radical (unpaired) electrons. The van der Waals surface area contributed by atoms with Gasteiger partial charge in [-0.05, 0) is 31.3 Å². The lowest BCUT2D eigenvalue weighted by Crippen LogP contribution is -2.15. The first-order chi connectivity index (χ1) is 7.78. The Bertz CT molecular complexity index is 422. The maximum atomic E-state index is 5.59. The summed E-state index contributed by atoms with van der Waals surface area (Å²) in [6.07, 6.45) is 1.71. The van der Waals surface area contributed by atoms with Crippen LogP contribution in [0.4, 0.5) is 0 Å². The second kappa shape index (κ2) is 5.30. The molecule has 2 aromatic heterocycles. The molecule has 0 aliphatic carbocycles. The van der Waals surface area contributed by atoms with Crippen LogP contribution in [0, 0.1) is 0 Å². The predicted octanol–water partition coefficient (Wildman–Crippen LogP) is 2.43. The molecule has 3 nitrogen and oxygen atoms in total. The molecule has 0 unspecified atom stereocenters. The molecule has 2 heterocycles. The molecule has 0 saturated heterocycles. The van der Waals surface area contributed by atoms with E-state index in [1.165, 1.54) is 9.75 Å². The molecule has 0 amide bonds. The molecule has 0 aromatic carbocycles. The summed E-state index contributed by atoms with van der Waals surface area (Å²) in [4.78, 5) is 4.81. The van der Waals surface area contributed by atoms with Gasteiger partial charge in [-0.15, -0.1) is 11.3 Å². The van der Waals surface area contributed by atoms with E-state index in [1.807, 2.05) is 12.1 Å². The van der Waals surface area contributed by atoms with Crippen LogP contribution in [0.15, 0.2) is 34.9 Å². The molecule has 16 heavy (non-hydrogen) atoms. The summed E-state index contributed by atoms with van der Waals surface area (Å²) in [5.41, 5.74) is 5.59. The number of thiophene rings is 1. The summed E-state index contributed by atoms with van der Waals surface area (Å²) in [6, 6.07) is 8.16. The van der Waals surface area contributed by atoms with E-state index in [0.29, 0.717) is 6.54 Å². The normalized spacial score (nSPS) is 11.2. The first kappa shape index (κ1) is 11.4. The Morgan fingerprint density at radius 1 is 1.25 bits per heavy atom. The van der Waals surface area contributed by atoms with Gasteiger partial charge >= 0.3 is 0 Å². The molecule has 0 saturated carbocycles. The SMILES string of the molecule is CN(Cc1ccco1)Cc1ccc(CN)s1. The van der Waals surface area contributed by atoms with Crippen LogP contribution in [-0.4, -0.2) is 11.9 Å². The molecule has 0 spiro atoms. The van der Waals surface area contributed by atoms with Gasteiger partial charge in [0, 0.05) is 22.8 Å². The van der Waals surface area contributed by atoms with Crippen molar-refractivity contribution in [1.82, 2.24) is 4.90 Å². The number of hydrogen-bond acceptors (Lipinski definition) is 4. The molecule has 0 aliphatic rings. The van der Waals surface area contributed by atoms with E-state index in [0.717, 1.165) is 18.8 Å². The van der Waals surface area contributed by atoms with Gasteiger partial charge in [-0.2, -0.15) is 0 Å². The number of furan rings is 1. The van der Waals surface area contributed by atoms with Crippen LogP contribution in [0.3, 0.4) is 0 Å². The van der Waals surface area contributed by atoms with Gasteiger partial charge < -0.3 is 10.2 Å². The van der Waals surface area contributed by atoms with Gasteiger partial charge in [0.05, 0.1) is 12.8 Å². The van der Waals surface area contributed by atoms with Crippen molar-refractivity contribution in [3.05, 3.63) is 46.0 Å². The molecule has 0 aliphatic heterocycles. The van der Waals surface area contributed by atoms with Crippen molar-refractivity contribution in [1.29, 1.82) is 0 Å². The van der Waals surface area contributed by atoms with E-state index in [9.17, 15) is 0 Å². The van der Waals surface area contributed by atoms with Crippen molar-refractivity contribution in [2.75, 3.05) is 7.05 Å². The lowest BCUT2D eigenvalue weighted by molar-refractivity contribution is 0.290. The molecule has 0 atom stereocenters. The van der Waals surface area contributed by atoms with Crippen molar-refractivity contribution >= 4 is 11.3 Å². The molecule has 86 valence electrons. The van der Waals surface area contributed by atoms with Gasteiger partial charge in [0.2, 0.25) is 0 Å². The Morgan fingerprint density at radius 2 is 2.06 bits per heavy atom. The van der Waals surface area contributed by atoms with Crippen LogP contribution in [0.25, 0.3) is 0 Å². The van der Waals surface area contributed by atoms with Crippen molar-refractivity contribution < 1.29 is 4.42 Å². The quantitative estimate of drug-likeness (QED) is 0.867. The Labute approximate surface area is 99.5 Å². The molecule has 2 aromatic rings. The largest absolute Gasteiger partial charge is 0.468 e. The smallest absolute Gasteiger partial charge is 0.117 e. The lowest BCUT2D eigenvalue weighted by atomic mass is 10.3. The Hall–Kier alpha value is -1.10. The molecular formula is C12H16N2OS. The summed E-state index contributed by atoms with van der Waals surface area (Å²) >= 11 is 1.78. The fourth-order valence-electron chi connectivity index (χ4n) is 1.61. The van der Waals surface area contributed by atoms with E-state index in [-0.39, 0.29) is 0 Å². The second-order valence-electron chi connectivity index (χ2n) is 3.82. The molecule has 4 heteroatoms. The molecule has 0 fully saturated rings. The van der Waals surface area contributed by atoms with Crippen LogP contribution >= 0.6 is 11.3 Å². The highest BCUT2D eigenvalue weighted by molar-refractivity contribution is 7.11. The third-order valence-corrected chi connectivity index (χ3v) is 3.44. The van der Waals surface area contributed by atoms with Gasteiger partial charge in [0.1, 0.15) is 5.76 Å². The predicted molar refractivity (Wildman–Crippen MR) is 66.1 cm³/mol. The highest BCUT2D eigenvalue weighted by atomic mass is 32.1. The molecule has 2 N–H and O–H groups in total. The topological polar surface area (TPSA) is 42.4 Å². The number of rotatable bonds is 5. The molecule has 0 bridgehead atoms. The third-order valence-electron chi connectivity index (χ3n) is 2.35. The van der Waals surface area contributed by atoms with Crippen molar-refractivity contribution in [3.8, 4) is 0 Å². The van der Waals surface area contributed by atoms with Crippen molar-refractivity contribution in [2.45, 2.75) is 19.6 Å². The highest BCUT2D eigenvalue weighted by Crippen LogP contribution is 2.18. The third kappa shape index (κ3) is 2.95. The first-order valence-electron chi connectivity index (χ1n) is 5.26. The van der Waals surface area contributed by atoms with Gasteiger partial charge in [0.25, 0.3) is 0 Å². The number of nitrogens with zero attached hydrogens (tertiary/aromatic N) is 1. The second-order valence-corrected chi connectivity index (χ2v) is 5.08. The summed E-state index contributed by atoms with van der Waals surface area (Å²) in [6.45, 7) is 2.40. The van der Waals surface area contributed by atoms with E-state index in [4.69, 9.17) is 10.2 Å².